The van der Waals surface area contributed by atoms with Crippen LogP contribution in [0.1, 0.15) is 39.0 Å². The van der Waals surface area contributed by atoms with Crippen LogP contribution in [0.25, 0.3) is 0 Å². The van der Waals surface area contributed by atoms with Crippen LogP contribution in [0.3, 0.4) is 0 Å². The Morgan fingerprint density at radius 2 is 1.88 bits per heavy atom. The Morgan fingerprint density at radius 3 is 2.41 bits per heavy atom. The number of carboxylic acid groups (broad SMARTS) is 1. The number of carboxylic acids is 1. The molecule has 1 fully saturated rings. The molecule has 1 rings (SSSR count). The van der Waals surface area contributed by atoms with Crippen LogP contribution >= 0.6 is 0 Å². The SMILES string of the molecule is CC1CCC(CNS(=O)(=O)CCC(=O)O)CC1. The van der Waals surface area contributed by atoms with Gasteiger partial charge in [-0.15, -0.1) is 0 Å². The van der Waals surface area contributed by atoms with E-state index in [0.29, 0.717) is 12.5 Å². The van der Waals surface area contributed by atoms with Crippen LogP contribution in [-0.4, -0.2) is 31.8 Å². The van der Waals surface area contributed by atoms with E-state index >= 15 is 0 Å². The van der Waals surface area contributed by atoms with E-state index in [4.69, 9.17) is 5.11 Å². The quantitative estimate of drug-likeness (QED) is 0.754. The smallest absolute Gasteiger partial charge is 0.304 e. The van der Waals surface area contributed by atoms with E-state index < -0.39 is 16.0 Å². The molecular weight excluding hydrogens is 242 g/mol. The van der Waals surface area contributed by atoms with E-state index in [9.17, 15) is 13.2 Å². The summed E-state index contributed by atoms with van der Waals surface area (Å²) in [6.07, 6.45) is 4.09. The molecule has 6 heteroatoms. The highest BCUT2D eigenvalue weighted by Crippen LogP contribution is 2.27. The molecule has 0 aromatic heterocycles. The molecule has 0 spiro atoms. The van der Waals surface area contributed by atoms with Crippen molar-refractivity contribution < 1.29 is 18.3 Å². The highest BCUT2D eigenvalue weighted by molar-refractivity contribution is 7.89. The molecule has 0 aromatic rings. The summed E-state index contributed by atoms with van der Waals surface area (Å²) >= 11 is 0. The zero-order chi connectivity index (χ0) is 12.9. The maximum atomic E-state index is 11.5. The van der Waals surface area contributed by atoms with E-state index in [0.717, 1.165) is 31.6 Å². The molecule has 0 saturated heterocycles. The van der Waals surface area contributed by atoms with Gasteiger partial charge in [-0.05, 0) is 24.7 Å². The first kappa shape index (κ1) is 14.4. The molecular formula is C11H21NO4S. The summed E-state index contributed by atoms with van der Waals surface area (Å²) in [7, 11) is -3.42. The lowest BCUT2D eigenvalue weighted by molar-refractivity contribution is -0.136. The monoisotopic (exact) mass is 263 g/mol. The van der Waals surface area contributed by atoms with Gasteiger partial charge in [0, 0.05) is 6.54 Å². The molecule has 1 aliphatic rings. The lowest BCUT2D eigenvalue weighted by Gasteiger charge is -2.26. The van der Waals surface area contributed by atoms with Gasteiger partial charge in [0.05, 0.1) is 12.2 Å². The van der Waals surface area contributed by atoms with Gasteiger partial charge < -0.3 is 5.11 Å². The Balaban J connectivity index is 2.27. The third kappa shape index (κ3) is 6.02. The molecule has 5 nitrogen and oxygen atoms in total. The largest absolute Gasteiger partial charge is 0.481 e. The van der Waals surface area contributed by atoms with E-state index in [-0.39, 0.29) is 12.2 Å². The van der Waals surface area contributed by atoms with E-state index in [2.05, 4.69) is 11.6 Å². The molecule has 0 unspecified atom stereocenters. The standard InChI is InChI=1S/C11H21NO4S/c1-9-2-4-10(5-3-9)8-12-17(15,16)7-6-11(13)14/h9-10,12H,2-8H2,1H3,(H,13,14). The van der Waals surface area contributed by atoms with Crippen LogP contribution in [0.2, 0.25) is 0 Å². The molecule has 1 aliphatic carbocycles. The summed E-state index contributed by atoms with van der Waals surface area (Å²) < 4.78 is 25.4. The molecule has 0 amide bonds. The minimum Gasteiger partial charge on any atom is -0.481 e. The first-order valence-electron chi connectivity index (χ1n) is 6.08. The second-order valence-electron chi connectivity index (χ2n) is 4.94. The molecule has 2 N–H and O–H groups in total. The van der Waals surface area contributed by atoms with Crippen LogP contribution in [-0.2, 0) is 14.8 Å². The fraction of sp³-hybridized carbons (Fsp3) is 0.909. The number of sulfonamides is 1. The van der Waals surface area contributed by atoms with Crippen molar-refractivity contribution in [1.82, 2.24) is 4.72 Å². The summed E-state index contributed by atoms with van der Waals surface area (Å²) in [4.78, 5) is 10.3. The highest BCUT2D eigenvalue weighted by Gasteiger charge is 2.20. The Morgan fingerprint density at radius 1 is 1.29 bits per heavy atom. The Bertz CT molecular complexity index is 344. The lowest BCUT2D eigenvalue weighted by Crippen LogP contribution is -2.33. The Kier molecular flexibility index (Phi) is 5.39. The maximum Gasteiger partial charge on any atom is 0.304 e. The topological polar surface area (TPSA) is 83.5 Å². The fourth-order valence-electron chi connectivity index (χ4n) is 2.07. The van der Waals surface area contributed by atoms with Gasteiger partial charge in [-0.2, -0.15) is 0 Å². The van der Waals surface area contributed by atoms with Crippen molar-refractivity contribution in [2.45, 2.75) is 39.0 Å². The van der Waals surface area contributed by atoms with Gasteiger partial charge in [0.2, 0.25) is 10.0 Å². The van der Waals surface area contributed by atoms with Gasteiger partial charge >= 0.3 is 5.97 Å². The van der Waals surface area contributed by atoms with Crippen LogP contribution in [0.15, 0.2) is 0 Å². The van der Waals surface area contributed by atoms with Crippen LogP contribution in [0, 0.1) is 11.8 Å². The van der Waals surface area contributed by atoms with Crippen molar-refractivity contribution in [3.8, 4) is 0 Å². The number of nitrogens with one attached hydrogen (secondary N) is 1. The lowest BCUT2D eigenvalue weighted by atomic mass is 9.83. The third-order valence-electron chi connectivity index (χ3n) is 3.31. The fourth-order valence-corrected chi connectivity index (χ4v) is 3.15. The first-order chi connectivity index (χ1) is 7.89. The van der Waals surface area contributed by atoms with Gasteiger partial charge in [0.15, 0.2) is 0 Å². The molecule has 0 aliphatic heterocycles. The number of carbonyl (C=O) groups is 1. The number of rotatable bonds is 6. The van der Waals surface area contributed by atoms with E-state index in [1.807, 2.05) is 0 Å². The summed E-state index contributed by atoms with van der Waals surface area (Å²) in [5, 5.41) is 8.43. The van der Waals surface area contributed by atoms with Crippen LogP contribution < -0.4 is 4.72 Å². The van der Waals surface area contributed by atoms with Gasteiger partial charge in [0.1, 0.15) is 0 Å². The average Bonchev–Trinajstić information content (AvgIpc) is 2.26. The zero-order valence-electron chi connectivity index (χ0n) is 10.2. The molecule has 17 heavy (non-hydrogen) atoms. The van der Waals surface area contributed by atoms with Crippen molar-refractivity contribution in [1.29, 1.82) is 0 Å². The van der Waals surface area contributed by atoms with Gasteiger partial charge in [-0.25, -0.2) is 13.1 Å². The second kappa shape index (κ2) is 6.35. The van der Waals surface area contributed by atoms with Crippen LogP contribution in [0.5, 0.6) is 0 Å². The number of hydrogen-bond acceptors (Lipinski definition) is 3. The summed E-state index contributed by atoms with van der Waals surface area (Å²) in [5.74, 6) is -0.256. The molecule has 0 atom stereocenters. The first-order valence-corrected chi connectivity index (χ1v) is 7.73. The van der Waals surface area contributed by atoms with Gasteiger partial charge in [0.25, 0.3) is 0 Å². The molecule has 0 bridgehead atoms. The molecule has 0 radical (unpaired) electrons. The predicted octanol–water partition coefficient (Wildman–Crippen LogP) is 1.21. The summed E-state index contributed by atoms with van der Waals surface area (Å²) in [5.41, 5.74) is 0. The number of hydrogen-bond donors (Lipinski definition) is 2. The normalized spacial score (nSPS) is 25.7. The maximum absolute atomic E-state index is 11.5. The zero-order valence-corrected chi connectivity index (χ0v) is 11.0. The summed E-state index contributed by atoms with van der Waals surface area (Å²) in [6, 6.07) is 0. The Labute approximate surface area is 103 Å². The average molecular weight is 263 g/mol. The van der Waals surface area contributed by atoms with Gasteiger partial charge in [-0.1, -0.05) is 19.8 Å². The van der Waals surface area contributed by atoms with Crippen molar-refractivity contribution >= 4 is 16.0 Å². The van der Waals surface area contributed by atoms with Crippen LogP contribution in [0.4, 0.5) is 0 Å². The number of aliphatic carboxylic acids is 1. The minimum absolute atomic E-state index is 0.328. The second-order valence-corrected chi connectivity index (χ2v) is 6.86. The highest BCUT2D eigenvalue weighted by atomic mass is 32.2. The van der Waals surface area contributed by atoms with Gasteiger partial charge in [-0.3, -0.25) is 4.79 Å². The Hall–Kier alpha value is -0.620. The van der Waals surface area contributed by atoms with E-state index in [1.165, 1.54) is 0 Å². The molecule has 1 saturated carbocycles. The van der Waals surface area contributed by atoms with Crippen molar-refractivity contribution in [2.75, 3.05) is 12.3 Å². The van der Waals surface area contributed by atoms with E-state index in [1.54, 1.807) is 0 Å². The van der Waals surface area contributed by atoms with Crippen molar-refractivity contribution in [3.63, 3.8) is 0 Å². The summed E-state index contributed by atoms with van der Waals surface area (Å²) in [6.45, 7) is 2.67. The van der Waals surface area contributed by atoms with Crippen molar-refractivity contribution in [3.05, 3.63) is 0 Å². The minimum atomic E-state index is -3.42. The van der Waals surface area contributed by atoms with Crippen molar-refractivity contribution in [2.24, 2.45) is 11.8 Å². The molecule has 100 valence electrons. The predicted molar refractivity (Wildman–Crippen MR) is 65.2 cm³/mol. The molecule has 0 heterocycles. The third-order valence-corrected chi connectivity index (χ3v) is 4.66. The molecule has 0 aromatic carbocycles.